The Morgan fingerprint density at radius 2 is 0.640 bits per heavy atom. The Kier molecular flexibility index (Phi) is 15.7. The van der Waals surface area contributed by atoms with Crippen molar-refractivity contribution in [2.75, 3.05) is 0 Å². The number of Topliss-reactive ketones (excluding diaryl/α,β-unsaturated/α-hetero) is 1. The van der Waals surface area contributed by atoms with Crippen LogP contribution in [-0.4, -0.2) is 16.9 Å². The number of aromatic nitrogens is 1. The van der Waals surface area contributed by atoms with Gasteiger partial charge in [-0.15, -0.1) is 0 Å². The van der Waals surface area contributed by atoms with Crippen molar-refractivity contribution in [2.45, 2.75) is 56.0 Å². The Morgan fingerprint density at radius 1 is 0.387 bits per heavy atom. The third-order valence-corrected chi connectivity index (χ3v) is 10.9. The number of pyridine rings is 1. The van der Waals surface area contributed by atoms with E-state index in [1.807, 2.05) is 18.2 Å². The molecule has 0 bridgehead atoms. The van der Waals surface area contributed by atoms with Gasteiger partial charge in [0.05, 0.1) is 49.4 Å². The first-order valence-corrected chi connectivity index (χ1v) is 20.0. The van der Waals surface area contributed by atoms with Gasteiger partial charge in [-0.1, -0.05) is 66.7 Å². The molecule has 1 heterocycles. The average molecular weight is 1110 g/mol. The van der Waals surface area contributed by atoms with Crippen LogP contribution in [0.5, 0.6) is 0 Å². The number of alkyl halides is 24. The van der Waals surface area contributed by atoms with Crippen LogP contribution in [0, 0.1) is 10.1 Å². The van der Waals surface area contributed by atoms with Crippen LogP contribution in [0.2, 0.25) is 0 Å². The zero-order chi connectivity index (χ0) is 56.9. The molecule has 5 nitrogen and oxygen atoms in total. The average Bonchev–Trinajstić information content (AvgIpc) is 3.27. The summed E-state index contributed by atoms with van der Waals surface area (Å²) in [4.78, 5) is 22.1. The molecule has 0 radical (unpaired) electrons. The quantitative estimate of drug-likeness (QED) is 0.0381. The number of carbonyl (C=O) groups is 1. The molecule has 6 aromatic rings. The maximum atomic E-state index is 14.2. The lowest BCUT2D eigenvalue weighted by Crippen LogP contribution is -2.75. The molecule has 0 aliphatic heterocycles. The number of non-ortho nitro benzene ring substituents is 1. The fourth-order valence-corrected chi connectivity index (χ4v) is 7.66. The third kappa shape index (κ3) is 13.7. The highest BCUT2D eigenvalue weighted by atomic mass is 19.4. The summed E-state index contributed by atoms with van der Waals surface area (Å²) in [5.41, 5.74) is -29.9. The first kappa shape index (κ1) is 58.6. The molecular formula is C45H23BF24N2O3. The number of nitrogens with zero attached hydrogens (tertiary/aromatic N) is 2. The second kappa shape index (κ2) is 20.1. The number of halogens is 24. The third-order valence-electron chi connectivity index (χ3n) is 10.9. The van der Waals surface area contributed by atoms with Crippen LogP contribution in [-0.2, 0) is 56.0 Å². The molecule has 5 aromatic carbocycles. The first-order chi connectivity index (χ1) is 33.9. The predicted molar refractivity (Wildman–Crippen MR) is 214 cm³/mol. The SMILES string of the molecule is FC(F)(F)c1cc([B-](c2cc(C(F)(F)F)cc(C(F)(F)F)c2)(c2cc(C(F)(F)F)cc(C(F)(F)F)c2)c2cc(C(F)(F)F)cc(C(F)(F)F)c2)cc(C(F)(F)F)c1.O=C(C[n+]1ccccc1)c1cccc([N+](=O)[O-])c1. The lowest BCUT2D eigenvalue weighted by Gasteiger charge is -2.46. The molecule has 30 heteroatoms. The number of rotatable bonds is 8. The molecule has 402 valence electrons. The molecule has 75 heavy (non-hydrogen) atoms. The van der Waals surface area contributed by atoms with E-state index < -0.39 is 200 Å². The maximum absolute atomic E-state index is 14.2. The Hall–Kier alpha value is -7.30. The van der Waals surface area contributed by atoms with Gasteiger partial charge in [0.2, 0.25) is 12.3 Å². The van der Waals surface area contributed by atoms with Crippen LogP contribution in [0.3, 0.4) is 0 Å². The van der Waals surface area contributed by atoms with Crippen molar-refractivity contribution in [3.05, 3.63) is 188 Å². The minimum absolute atomic E-state index is 0.0705. The number of hydrogen-bond acceptors (Lipinski definition) is 3. The second-order valence-electron chi connectivity index (χ2n) is 16.0. The van der Waals surface area contributed by atoms with Crippen molar-refractivity contribution < 1.29 is 120 Å². The zero-order valence-electron chi connectivity index (χ0n) is 36.1. The van der Waals surface area contributed by atoms with Crippen molar-refractivity contribution in [1.82, 2.24) is 0 Å². The van der Waals surface area contributed by atoms with E-state index in [-0.39, 0.29) is 18.0 Å². The minimum atomic E-state index is -6.13. The largest absolute Gasteiger partial charge is 0.416 e. The van der Waals surface area contributed by atoms with Crippen molar-refractivity contribution in [3.63, 3.8) is 0 Å². The summed E-state index contributed by atoms with van der Waals surface area (Å²) in [5, 5.41) is 10.6. The van der Waals surface area contributed by atoms with Gasteiger partial charge in [0.15, 0.2) is 12.4 Å². The van der Waals surface area contributed by atoms with Crippen LogP contribution in [0.15, 0.2) is 128 Å². The van der Waals surface area contributed by atoms with Gasteiger partial charge in [0.1, 0.15) is 6.15 Å². The van der Waals surface area contributed by atoms with Crippen LogP contribution in [0.1, 0.15) is 54.9 Å². The number of ketones is 1. The minimum Gasteiger partial charge on any atom is -0.287 e. The van der Waals surface area contributed by atoms with E-state index in [2.05, 4.69) is 0 Å². The van der Waals surface area contributed by atoms with Gasteiger partial charge in [-0.3, -0.25) is 14.9 Å². The van der Waals surface area contributed by atoms with E-state index in [9.17, 15) is 120 Å². The van der Waals surface area contributed by atoms with Crippen LogP contribution in [0.4, 0.5) is 111 Å². The number of benzene rings is 5. The highest BCUT2D eigenvalue weighted by molar-refractivity contribution is 7.20. The summed E-state index contributed by atoms with van der Waals surface area (Å²) in [6.45, 7) is 0.169. The smallest absolute Gasteiger partial charge is 0.287 e. The van der Waals surface area contributed by atoms with E-state index in [1.54, 1.807) is 23.0 Å². The van der Waals surface area contributed by atoms with Gasteiger partial charge >= 0.3 is 49.4 Å². The number of nitro benzene ring substituents is 1. The Bertz CT molecular complexity index is 2640. The van der Waals surface area contributed by atoms with Gasteiger partial charge in [-0.25, -0.2) is 0 Å². The Balaban J connectivity index is 0.000000483. The van der Waals surface area contributed by atoms with Gasteiger partial charge in [-0.2, -0.15) is 132 Å². The molecule has 0 N–H and O–H groups in total. The summed E-state index contributed by atoms with van der Waals surface area (Å²) >= 11 is 0. The van der Waals surface area contributed by atoms with Crippen LogP contribution in [0.25, 0.3) is 0 Å². The normalized spacial score (nSPS) is 13.3. The summed E-state index contributed by atoms with van der Waals surface area (Å²) < 4.78 is 343. The van der Waals surface area contributed by atoms with Gasteiger partial charge in [0.25, 0.3) is 5.69 Å². The van der Waals surface area contributed by atoms with Gasteiger partial charge < -0.3 is 0 Å². The first-order valence-electron chi connectivity index (χ1n) is 20.0. The molecule has 0 atom stereocenters. The van der Waals surface area contributed by atoms with Crippen LogP contribution < -0.4 is 26.4 Å². The Morgan fingerprint density at radius 3 is 0.867 bits per heavy atom. The molecule has 6 rings (SSSR count). The molecule has 0 unspecified atom stereocenters. The van der Waals surface area contributed by atoms with Crippen molar-refractivity contribution in [3.8, 4) is 0 Å². The lowest BCUT2D eigenvalue weighted by molar-refractivity contribution is -0.683. The van der Waals surface area contributed by atoms with Gasteiger partial charge in [0, 0.05) is 29.8 Å². The highest BCUT2D eigenvalue weighted by Crippen LogP contribution is 2.41. The predicted octanol–water partition coefficient (Wildman–Crippen LogP) is 13.0. The molecule has 0 saturated heterocycles. The fraction of sp³-hybridized carbons (Fsp3) is 0.200. The Labute approximate surface area is 402 Å². The molecule has 0 saturated carbocycles. The van der Waals surface area contributed by atoms with Gasteiger partial charge in [-0.05, 0) is 24.3 Å². The maximum Gasteiger partial charge on any atom is 0.416 e. The number of carbonyl (C=O) groups excluding carboxylic acids is 1. The van der Waals surface area contributed by atoms with Crippen molar-refractivity contribution in [2.24, 2.45) is 0 Å². The molecule has 0 aliphatic rings. The van der Waals surface area contributed by atoms with E-state index in [1.165, 1.54) is 18.2 Å². The molecule has 0 amide bonds. The van der Waals surface area contributed by atoms with E-state index in [4.69, 9.17) is 0 Å². The topological polar surface area (TPSA) is 64.1 Å². The zero-order valence-corrected chi connectivity index (χ0v) is 36.1. The molecule has 0 fully saturated rings. The standard InChI is InChI=1S/C32H12BF24.C13H11N2O3/c34-25(35,36)13-1-14(26(37,38)39)6-21(5-13)33(22-7-15(27(40,41)42)2-16(8-22)28(43,44)45,23-9-17(29(46,47)48)3-18(10-23)30(49,50)51)24-11-19(31(52,53)54)4-20(12-24)32(55,56)57;16-13(10-14-7-2-1-3-8-14)11-5-4-6-12(9-11)15(17)18/h1-12H;1-9H,10H2/q-1;+1. The highest BCUT2D eigenvalue weighted by Gasteiger charge is 2.47. The number of nitro groups is 1. The van der Waals surface area contributed by atoms with Crippen molar-refractivity contribution in [1.29, 1.82) is 0 Å². The molecular weight excluding hydrogens is 1080 g/mol. The van der Waals surface area contributed by atoms with E-state index in [0.29, 0.717) is 5.56 Å². The molecule has 1 aromatic heterocycles. The van der Waals surface area contributed by atoms with E-state index >= 15 is 0 Å². The van der Waals surface area contributed by atoms with E-state index in [0.717, 1.165) is 0 Å². The summed E-state index contributed by atoms with van der Waals surface area (Å²) in [6, 6.07) is 2.45. The summed E-state index contributed by atoms with van der Waals surface area (Å²) in [7, 11) is 0. The van der Waals surface area contributed by atoms with Crippen molar-refractivity contribution >= 4 is 39.5 Å². The van der Waals surface area contributed by atoms with Crippen LogP contribution >= 0.6 is 0 Å². The molecule has 0 aliphatic carbocycles. The number of hydrogen-bond donors (Lipinski definition) is 0. The summed E-state index contributed by atoms with van der Waals surface area (Å²) in [6.07, 6.45) is -51.3. The lowest BCUT2D eigenvalue weighted by atomic mass is 9.12. The molecule has 0 spiro atoms. The fourth-order valence-electron chi connectivity index (χ4n) is 7.66. The monoisotopic (exact) mass is 1110 g/mol. The summed E-state index contributed by atoms with van der Waals surface area (Å²) in [5.74, 6) is -0.157. The second-order valence-corrected chi connectivity index (χ2v) is 16.0.